The van der Waals surface area contributed by atoms with Gasteiger partial charge in [0.1, 0.15) is 0 Å². The number of hydrogen-bond donors (Lipinski definition) is 1. The van der Waals surface area contributed by atoms with E-state index in [-0.39, 0.29) is 6.10 Å². The highest BCUT2D eigenvalue weighted by molar-refractivity contribution is 4.82. The third-order valence-electron chi connectivity index (χ3n) is 4.23. The van der Waals surface area contributed by atoms with Crippen molar-refractivity contribution < 1.29 is 5.11 Å². The van der Waals surface area contributed by atoms with Crippen molar-refractivity contribution >= 4 is 0 Å². The Morgan fingerprint density at radius 1 is 1.12 bits per heavy atom. The molecule has 1 heterocycles. The van der Waals surface area contributed by atoms with Crippen LogP contribution in [-0.2, 0) is 0 Å². The van der Waals surface area contributed by atoms with Gasteiger partial charge in [0.25, 0.3) is 0 Å². The van der Waals surface area contributed by atoms with Crippen LogP contribution in [0.4, 0.5) is 0 Å². The molecule has 0 spiro atoms. The summed E-state index contributed by atoms with van der Waals surface area (Å²) in [5.74, 6) is 0. The molecule has 0 aromatic rings. The van der Waals surface area contributed by atoms with Gasteiger partial charge >= 0.3 is 0 Å². The fourth-order valence-corrected chi connectivity index (χ4v) is 3.08. The zero-order valence-electron chi connectivity index (χ0n) is 10.6. The third kappa shape index (κ3) is 3.19. The Morgan fingerprint density at radius 2 is 1.81 bits per heavy atom. The molecule has 1 aliphatic heterocycles. The lowest BCUT2D eigenvalue weighted by molar-refractivity contribution is 0.0291. The van der Waals surface area contributed by atoms with Gasteiger partial charge in [-0.1, -0.05) is 12.8 Å². The van der Waals surface area contributed by atoms with Crippen LogP contribution in [0.5, 0.6) is 0 Å². The summed E-state index contributed by atoms with van der Waals surface area (Å²) in [4.78, 5) is 4.92. The van der Waals surface area contributed by atoms with Gasteiger partial charge in [-0.05, 0) is 45.8 Å². The van der Waals surface area contributed by atoms with Crippen LogP contribution >= 0.6 is 0 Å². The molecule has 0 radical (unpaired) electrons. The van der Waals surface area contributed by atoms with Gasteiger partial charge in [0.2, 0.25) is 0 Å². The molecule has 1 aliphatic carbocycles. The first kappa shape index (κ1) is 12.3. The lowest BCUT2D eigenvalue weighted by atomic mass is 9.91. The lowest BCUT2D eigenvalue weighted by Crippen LogP contribution is -2.45. The minimum Gasteiger partial charge on any atom is -0.391 e. The number of likely N-dealkylation sites (N-methyl/N-ethyl adjacent to an activating group) is 1. The van der Waals surface area contributed by atoms with Gasteiger partial charge < -0.3 is 10.0 Å². The summed E-state index contributed by atoms with van der Waals surface area (Å²) in [7, 11) is 2.18. The molecule has 3 heteroatoms. The van der Waals surface area contributed by atoms with Crippen molar-refractivity contribution in [3.8, 4) is 0 Å². The molecular weight excluding hydrogens is 200 g/mol. The van der Waals surface area contributed by atoms with Crippen molar-refractivity contribution in [2.45, 2.75) is 50.7 Å². The maximum atomic E-state index is 9.98. The second-order valence-electron chi connectivity index (χ2n) is 5.45. The SMILES string of the molecule is CN(CCN1CCCC1)[C@H]1CCCC[C@@H]1O. The number of rotatable bonds is 4. The van der Waals surface area contributed by atoms with E-state index in [1.54, 1.807) is 0 Å². The fraction of sp³-hybridized carbons (Fsp3) is 1.00. The van der Waals surface area contributed by atoms with Crippen molar-refractivity contribution in [1.29, 1.82) is 0 Å². The largest absolute Gasteiger partial charge is 0.391 e. The third-order valence-corrected chi connectivity index (χ3v) is 4.23. The van der Waals surface area contributed by atoms with E-state index < -0.39 is 0 Å². The Hall–Kier alpha value is -0.120. The van der Waals surface area contributed by atoms with Gasteiger partial charge in [0, 0.05) is 19.1 Å². The van der Waals surface area contributed by atoms with Crippen LogP contribution in [0.15, 0.2) is 0 Å². The predicted molar refractivity (Wildman–Crippen MR) is 66.6 cm³/mol. The van der Waals surface area contributed by atoms with Crippen LogP contribution < -0.4 is 0 Å². The number of aliphatic hydroxyl groups is 1. The van der Waals surface area contributed by atoms with E-state index in [0.717, 1.165) is 13.0 Å². The first-order valence-corrected chi connectivity index (χ1v) is 6.88. The Balaban J connectivity index is 1.71. The van der Waals surface area contributed by atoms with Gasteiger partial charge in [-0.15, -0.1) is 0 Å². The van der Waals surface area contributed by atoms with Gasteiger partial charge in [-0.25, -0.2) is 0 Å². The summed E-state index contributed by atoms with van der Waals surface area (Å²) in [5, 5.41) is 9.98. The molecule has 0 bridgehead atoms. The van der Waals surface area contributed by atoms with E-state index in [9.17, 15) is 5.11 Å². The van der Waals surface area contributed by atoms with E-state index in [1.165, 1.54) is 51.7 Å². The molecule has 0 unspecified atom stereocenters. The average molecular weight is 226 g/mol. The van der Waals surface area contributed by atoms with Crippen LogP contribution in [-0.4, -0.2) is 60.3 Å². The molecule has 2 fully saturated rings. The van der Waals surface area contributed by atoms with Crippen molar-refractivity contribution in [3.63, 3.8) is 0 Å². The molecule has 2 atom stereocenters. The minimum absolute atomic E-state index is 0.0858. The van der Waals surface area contributed by atoms with Crippen molar-refractivity contribution in [2.24, 2.45) is 0 Å². The highest BCUT2D eigenvalue weighted by Gasteiger charge is 2.26. The number of nitrogens with zero attached hydrogens (tertiary/aromatic N) is 2. The first-order chi connectivity index (χ1) is 7.77. The molecule has 3 nitrogen and oxygen atoms in total. The number of likely N-dealkylation sites (tertiary alicyclic amines) is 1. The average Bonchev–Trinajstić information content (AvgIpc) is 2.79. The standard InChI is InChI=1S/C13H26N2O/c1-14(10-11-15-8-4-5-9-15)12-6-2-3-7-13(12)16/h12-13,16H,2-11H2,1H3/t12-,13-/m0/s1. The summed E-state index contributed by atoms with van der Waals surface area (Å²) < 4.78 is 0. The molecule has 2 aliphatic rings. The fourth-order valence-electron chi connectivity index (χ4n) is 3.08. The molecule has 0 aromatic heterocycles. The quantitative estimate of drug-likeness (QED) is 0.783. The topological polar surface area (TPSA) is 26.7 Å². The highest BCUT2D eigenvalue weighted by Crippen LogP contribution is 2.22. The molecular formula is C13H26N2O. The normalized spacial score (nSPS) is 32.4. The second-order valence-corrected chi connectivity index (χ2v) is 5.45. The van der Waals surface area contributed by atoms with Crippen molar-refractivity contribution in [1.82, 2.24) is 9.80 Å². The summed E-state index contributed by atoms with van der Waals surface area (Å²) in [5.41, 5.74) is 0. The van der Waals surface area contributed by atoms with E-state index in [4.69, 9.17) is 0 Å². The monoisotopic (exact) mass is 226 g/mol. The van der Waals surface area contributed by atoms with Gasteiger partial charge in [-0.3, -0.25) is 4.90 Å². The Labute approximate surface area is 99.4 Å². The van der Waals surface area contributed by atoms with Gasteiger partial charge in [0.15, 0.2) is 0 Å². The summed E-state index contributed by atoms with van der Waals surface area (Å²) in [6.07, 6.45) is 7.33. The Bertz CT molecular complexity index is 204. The molecule has 94 valence electrons. The van der Waals surface area contributed by atoms with Crippen molar-refractivity contribution in [3.05, 3.63) is 0 Å². The predicted octanol–water partition coefficient (Wildman–Crippen LogP) is 1.32. The zero-order chi connectivity index (χ0) is 11.4. The number of aliphatic hydroxyl groups excluding tert-OH is 1. The molecule has 16 heavy (non-hydrogen) atoms. The maximum Gasteiger partial charge on any atom is 0.0695 e. The van der Waals surface area contributed by atoms with Crippen LogP contribution in [0.3, 0.4) is 0 Å². The van der Waals surface area contributed by atoms with Crippen LogP contribution in [0.2, 0.25) is 0 Å². The van der Waals surface area contributed by atoms with Crippen LogP contribution in [0, 0.1) is 0 Å². The van der Waals surface area contributed by atoms with Crippen molar-refractivity contribution in [2.75, 3.05) is 33.2 Å². The molecule has 0 aromatic carbocycles. The minimum atomic E-state index is -0.0858. The van der Waals surface area contributed by atoms with E-state index in [1.807, 2.05) is 0 Å². The Morgan fingerprint density at radius 3 is 2.50 bits per heavy atom. The summed E-state index contributed by atoms with van der Waals surface area (Å²) >= 11 is 0. The molecule has 1 N–H and O–H groups in total. The smallest absolute Gasteiger partial charge is 0.0695 e. The van der Waals surface area contributed by atoms with Gasteiger partial charge in [0.05, 0.1) is 6.10 Å². The number of hydrogen-bond acceptors (Lipinski definition) is 3. The zero-order valence-corrected chi connectivity index (χ0v) is 10.6. The lowest BCUT2D eigenvalue weighted by Gasteiger charge is -2.35. The van der Waals surface area contributed by atoms with Crippen LogP contribution in [0.1, 0.15) is 38.5 Å². The van der Waals surface area contributed by atoms with E-state index in [2.05, 4.69) is 16.8 Å². The van der Waals surface area contributed by atoms with E-state index >= 15 is 0 Å². The summed E-state index contributed by atoms with van der Waals surface area (Å²) in [6.45, 7) is 4.85. The second kappa shape index (κ2) is 5.99. The summed E-state index contributed by atoms with van der Waals surface area (Å²) in [6, 6.07) is 0.413. The molecule has 1 saturated heterocycles. The molecule has 0 amide bonds. The highest BCUT2D eigenvalue weighted by atomic mass is 16.3. The molecule has 2 rings (SSSR count). The van der Waals surface area contributed by atoms with Gasteiger partial charge in [-0.2, -0.15) is 0 Å². The maximum absolute atomic E-state index is 9.98. The first-order valence-electron chi connectivity index (χ1n) is 6.88. The molecule has 1 saturated carbocycles. The van der Waals surface area contributed by atoms with Crippen LogP contribution in [0.25, 0.3) is 0 Å². The Kier molecular flexibility index (Phi) is 4.62. The van der Waals surface area contributed by atoms with E-state index in [0.29, 0.717) is 6.04 Å².